The van der Waals surface area contributed by atoms with E-state index in [0.29, 0.717) is 31.6 Å². The van der Waals surface area contributed by atoms with Crippen molar-refractivity contribution in [3.63, 3.8) is 0 Å². The van der Waals surface area contributed by atoms with Crippen LogP contribution in [0.25, 0.3) is 0 Å². The Morgan fingerprint density at radius 1 is 0.970 bits per heavy atom. The zero-order chi connectivity index (χ0) is 24.6. The highest BCUT2D eigenvalue weighted by atomic mass is 32.2. The predicted octanol–water partition coefficient (Wildman–Crippen LogP) is -0.391. The number of benzene rings is 1. The highest BCUT2D eigenvalue weighted by molar-refractivity contribution is 7.98. The molecule has 1 rings (SSSR count). The zero-order valence-corrected chi connectivity index (χ0v) is 19.7. The highest BCUT2D eigenvalue weighted by Crippen LogP contribution is 2.07. The van der Waals surface area contributed by atoms with Gasteiger partial charge in [0.2, 0.25) is 17.7 Å². The van der Waals surface area contributed by atoms with E-state index in [4.69, 9.17) is 16.6 Å². The van der Waals surface area contributed by atoms with Crippen LogP contribution in [0.3, 0.4) is 0 Å². The molecule has 0 aromatic heterocycles. The van der Waals surface area contributed by atoms with Crippen LogP contribution < -0.4 is 27.4 Å². The van der Waals surface area contributed by atoms with E-state index in [1.807, 2.05) is 36.6 Å². The lowest BCUT2D eigenvalue weighted by Crippen LogP contribution is -2.56. The number of aliphatic carboxylic acids is 1. The number of nitrogens with two attached hydrogens (primary N) is 2. The van der Waals surface area contributed by atoms with Gasteiger partial charge >= 0.3 is 5.97 Å². The lowest BCUT2D eigenvalue weighted by atomic mass is 10.0. The third-order valence-corrected chi connectivity index (χ3v) is 5.52. The van der Waals surface area contributed by atoms with Gasteiger partial charge in [-0.05, 0) is 49.8 Å². The first kappa shape index (κ1) is 28.4. The summed E-state index contributed by atoms with van der Waals surface area (Å²) < 4.78 is 0. The van der Waals surface area contributed by atoms with Gasteiger partial charge in [0.25, 0.3) is 0 Å². The van der Waals surface area contributed by atoms with Gasteiger partial charge in [0.1, 0.15) is 18.6 Å². The lowest BCUT2D eigenvalue weighted by Gasteiger charge is -2.24. The summed E-state index contributed by atoms with van der Waals surface area (Å²) in [7, 11) is 0. The normalized spacial score (nSPS) is 13.4. The van der Waals surface area contributed by atoms with Crippen molar-refractivity contribution in [2.24, 2.45) is 11.5 Å². The molecule has 0 heterocycles. The van der Waals surface area contributed by atoms with Crippen molar-refractivity contribution in [3.8, 4) is 0 Å². The van der Waals surface area contributed by atoms with E-state index in [1.54, 1.807) is 11.8 Å². The summed E-state index contributed by atoms with van der Waals surface area (Å²) in [5.74, 6) is -2.09. The Bertz CT molecular complexity index is 765. The van der Waals surface area contributed by atoms with Crippen LogP contribution in [0.5, 0.6) is 0 Å². The third-order valence-electron chi connectivity index (χ3n) is 4.88. The predicted molar refractivity (Wildman–Crippen MR) is 129 cm³/mol. The van der Waals surface area contributed by atoms with Crippen molar-refractivity contribution in [1.29, 1.82) is 0 Å². The van der Waals surface area contributed by atoms with Crippen LogP contribution in [0.15, 0.2) is 30.3 Å². The van der Waals surface area contributed by atoms with E-state index in [0.717, 1.165) is 5.56 Å². The maximum Gasteiger partial charge on any atom is 0.322 e. The van der Waals surface area contributed by atoms with Crippen molar-refractivity contribution in [2.75, 3.05) is 25.1 Å². The number of hydrogen-bond acceptors (Lipinski definition) is 7. The number of rotatable bonds is 16. The number of carboxylic acids is 1. The van der Waals surface area contributed by atoms with Crippen LogP contribution in [0, 0.1) is 0 Å². The SMILES string of the molecule is CSCCC(N)C(=O)NC(Cc1ccccc1)C(=O)NC(CCCCN)C(=O)NCC(=O)O. The minimum Gasteiger partial charge on any atom is -0.480 e. The monoisotopic (exact) mass is 481 g/mol. The lowest BCUT2D eigenvalue weighted by molar-refractivity contribution is -0.138. The summed E-state index contributed by atoms with van der Waals surface area (Å²) in [6.07, 6.45) is 4.08. The number of carbonyl (C=O) groups is 4. The average Bonchev–Trinajstić information content (AvgIpc) is 2.80. The second-order valence-corrected chi connectivity index (χ2v) is 8.58. The molecule has 0 aliphatic carbocycles. The molecule has 0 aliphatic rings. The van der Waals surface area contributed by atoms with E-state index < -0.39 is 48.4 Å². The molecule has 0 spiro atoms. The number of amides is 3. The van der Waals surface area contributed by atoms with E-state index >= 15 is 0 Å². The van der Waals surface area contributed by atoms with Crippen LogP contribution in [0.2, 0.25) is 0 Å². The van der Waals surface area contributed by atoms with Crippen LogP contribution >= 0.6 is 11.8 Å². The summed E-state index contributed by atoms with van der Waals surface area (Å²) in [5, 5.41) is 16.5. The van der Waals surface area contributed by atoms with Crippen molar-refractivity contribution in [2.45, 2.75) is 50.2 Å². The fourth-order valence-electron chi connectivity index (χ4n) is 3.03. The van der Waals surface area contributed by atoms with Crippen LogP contribution in [-0.2, 0) is 25.6 Å². The molecule has 3 unspecified atom stereocenters. The Balaban J connectivity index is 2.96. The van der Waals surface area contributed by atoms with Gasteiger partial charge in [-0.25, -0.2) is 0 Å². The molecule has 0 radical (unpaired) electrons. The van der Waals surface area contributed by atoms with Gasteiger partial charge in [-0.1, -0.05) is 30.3 Å². The van der Waals surface area contributed by atoms with Crippen LogP contribution in [0.4, 0.5) is 0 Å². The molecule has 33 heavy (non-hydrogen) atoms. The molecule has 0 fully saturated rings. The third kappa shape index (κ3) is 11.7. The maximum absolute atomic E-state index is 13.1. The largest absolute Gasteiger partial charge is 0.480 e. The summed E-state index contributed by atoms with van der Waals surface area (Å²) in [4.78, 5) is 49.0. The zero-order valence-electron chi connectivity index (χ0n) is 18.9. The first-order chi connectivity index (χ1) is 15.8. The van der Waals surface area contributed by atoms with E-state index in [-0.39, 0.29) is 12.8 Å². The van der Waals surface area contributed by atoms with Gasteiger partial charge in [-0.2, -0.15) is 11.8 Å². The number of unbranched alkanes of at least 4 members (excludes halogenated alkanes) is 1. The first-order valence-electron chi connectivity index (χ1n) is 10.9. The number of carbonyl (C=O) groups excluding carboxylic acids is 3. The Morgan fingerprint density at radius 2 is 1.64 bits per heavy atom. The van der Waals surface area contributed by atoms with Gasteiger partial charge in [0.15, 0.2) is 0 Å². The topological polar surface area (TPSA) is 177 Å². The molecule has 0 aliphatic heterocycles. The maximum atomic E-state index is 13.1. The van der Waals surface area contributed by atoms with Gasteiger partial charge < -0.3 is 32.5 Å². The Hall–Kier alpha value is -2.63. The molecule has 8 N–H and O–H groups in total. The molecule has 3 amide bonds. The molecule has 11 heteroatoms. The van der Waals surface area contributed by atoms with Crippen molar-refractivity contribution in [1.82, 2.24) is 16.0 Å². The number of thioether (sulfide) groups is 1. The highest BCUT2D eigenvalue weighted by Gasteiger charge is 2.28. The molecule has 0 saturated carbocycles. The molecular formula is C22H35N5O5S. The molecule has 10 nitrogen and oxygen atoms in total. The second kappa shape index (κ2) is 16.1. The first-order valence-corrected chi connectivity index (χ1v) is 12.3. The fraction of sp³-hybridized carbons (Fsp3) is 0.545. The summed E-state index contributed by atoms with van der Waals surface area (Å²) in [6.45, 7) is -0.130. The minimum absolute atomic E-state index is 0.208. The molecule has 184 valence electrons. The standard InChI is InChI=1S/C22H35N5O5S/c1-33-12-10-16(24)20(30)27-18(13-15-7-3-2-4-8-15)22(32)26-17(9-5-6-11-23)21(31)25-14-19(28)29/h2-4,7-8,16-18H,5-6,9-14,23-24H2,1H3,(H,25,31)(H,26,32)(H,27,30)(H,28,29). The summed E-state index contributed by atoms with van der Waals surface area (Å²) >= 11 is 1.57. The quantitative estimate of drug-likeness (QED) is 0.173. The Labute approximate surface area is 198 Å². The van der Waals surface area contributed by atoms with Gasteiger partial charge in [-0.15, -0.1) is 0 Å². The van der Waals surface area contributed by atoms with Crippen molar-refractivity contribution >= 4 is 35.5 Å². The fourth-order valence-corrected chi connectivity index (χ4v) is 3.52. The van der Waals surface area contributed by atoms with Gasteiger partial charge in [0, 0.05) is 6.42 Å². The number of nitrogens with one attached hydrogen (secondary N) is 3. The summed E-state index contributed by atoms with van der Waals surface area (Å²) in [6, 6.07) is 6.49. The average molecular weight is 482 g/mol. The Morgan fingerprint density at radius 3 is 2.24 bits per heavy atom. The molecule has 3 atom stereocenters. The smallest absolute Gasteiger partial charge is 0.322 e. The molecule has 1 aromatic carbocycles. The summed E-state index contributed by atoms with van der Waals surface area (Å²) in [5.41, 5.74) is 12.3. The van der Waals surface area contributed by atoms with Crippen LogP contribution in [0.1, 0.15) is 31.2 Å². The molecule has 1 aromatic rings. The van der Waals surface area contributed by atoms with E-state index in [2.05, 4.69) is 16.0 Å². The van der Waals surface area contributed by atoms with Gasteiger partial charge in [-0.3, -0.25) is 19.2 Å². The number of hydrogen-bond donors (Lipinski definition) is 6. The van der Waals surface area contributed by atoms with Crippen molar-refractivity contribution < 1.29 is 24.3 Å². The minimum atomic E-state index is -1.19. The van der Waals surface area contributed by atoms with Crippen molar-refractivity contribution in [3.05, 3.63) is 35.9 Å². The Kier molecular flexibility index (Phi) is 13.8. The van der Waals surface area contributed by atoms with E-state index in [9.17, 15) is 19.2 Å². The second-order valence-electron chi connectivity index (χ2n) is 7.60. The van der Waals surface area contributed by atoms with Crippen LogP contribution in [-0.4, -0.2) is 72.0 Å². The molecule has 0 saturated heterocycles. The molecule has 0 bridgehead atoms. The van der Waals surface area contributed by atoms with E-state index in [1.165, 1.54) is 0 Å². The number of carboxylic acid groups (broad SMARTS) is 1. The van der Waals surface area contributed by atoms with Gasteiger partial charge in [0.05, 0.1) is 6.04 Å². The molecular weight excluding hydrogens is 446 g/mol.